The Morgan fingerprint density at radius 3 is 2.45 bits per heavy atom. The molecule has 0 aromatic heterocycles. The normalized spacial score (nSPS) is 17.0. The molecule has 1 saturated heterocycles. The van der Waals surface area contributed by atoms with Gasteiger partial charge in [-0.2, -0.15) is 4.99 Å². The number of alkyl halides is 3. The third-order valence-corrected chi connectivity index (χ3v) is 3.59. The van der Waals surface area contributed by atoms with Gasteiger partial charge in [0.25, 0.3) is 0 Å². The highest BCUT2D eigenvalue weighted by Gasteiger charge is 2.30. The first-order valence-electron chi connectivity index (χ1n) is 6.20. The first-order valence-corrected chi connectivity index (χ1v) is 7.36. The molecule has 1 aliphatic heterocycles. The van der Waals surface area contributed by atoms with Crippen molar-refractivity contribution in [2.45, 2.75) is 6.36 Å². The predicted molar refractivity (Wildman–Crippen MR) is 80.1 cm³/mol. The van der Waals surface area contributed by atoms with Gasteiger partial charge in [0.05, 0.1) is 11.6 Å². The molecule has 0 amide bonds. The van der Waals surface area contributed by atoms with Crippen molar-refractivity contribution in [3.63, 3.8) is 0 Å². The zero-order valence-electron chi connectivity index (χ0n) is 11.4. The molecule has 0 radical (unpaired) electrons. The molecule has 22 heavy (non-hydrogen) atoms. The minimum absolute atomic E-state index is 0.0705. The molecule has 6 nitrogen and oxygen atoms in total. The van der Waals surface area contributed by atoms with E-state index in [0.717, 1.165) is 30.3 Å². The molecular formula is C12H14F3N5OS. The van der Waals surface area contributed by atoms with Crippen molar-refractivity contribution < 1.29 is 17.9 Å². The van der Waals surface area contributed by atoms with Gasteiger partial charge >= 0.3 is 6.36 Å². The van der Waals surface area contributed by atoms with E-state index >= 15 is 0 Å². The van der Waals surface area contributed by atoms with Crippen LogP contribution in [0.15, 0.2) is 34.3 Å². The topological polar surface area (TPSA) is 89.2 Å². The summed E-state index contributed by atoms with van der Waals surface area (Å²) in [6.45, 7) is 0.788. The molecule has 1 heterocycles. The van der Waals surface area contributed by atoms with E-state index in [1.807, 2.05) is 4.90 Å². The molecule has 0 spiro atoms. The number of rotatable bonds is 2. The second kappa shape index (κ2) is 6.77. The Kier molecular flexibility index (Phi) is 5.01. The zero-order valence-corrected chi connectivity index (χ0v) is 12.2. The van der Waals surface area contributed by atoms with Crippen LogP contribution in [-0.2, 0) is 0 Å². The molecule has 1 fully saturated rings. The Balaban J connectivity index is 2.03. The summed E-state index contributed by atoms with van der Waals surface area (Å²) in [5.74, 6) is 1.57. The van der Waals surface area contributed by atoms with Gasteiger partial charge in [0.1, 0.15) is 5.75 Å². The number of guanidine groups is 2. The van der Waals surface area contributed by atoms with Crippen LogP contribution in [0.25, 0.3) is 0 Å². The lowest BCUT2D eigenvalue weighted by Gasteiger charge is -2.14. The number of nitrogens with zero attached hydrogens (tertiary/aromatic N) is 3. The van der Waals surface area contributed by atoms with Crippen molar-refractivity contribution >= 4 is 29.4 Å². The Bertz CT molecular complexity index is 567. The molecule has 0 bridgehead atoms. The fraction of sp³-hybridized carbons (Fsp3) is 0.333. The minimum Gasteiger partial charge on any atom is -0.406 e. The van der Waals surface area contributed by atoms with Crippen molar-refractivity contribution in [2.75, 3.05) is 18.2 Å². The third kappa shape index (κ3) is 5.02. The van der Waals surface area contributed by atoms with Crippen molar-refractivity contribution in [3.05, 3.63) is 24.3 Å². The van der Waals surface area contributed by atoms with Crippen LogP contribution in [0.4, 0.5) is 18.9 Å². The van der Waals surface area contributed by atoms with E-state index in [-0.39, 0.29) is 17.7 Å². The van der Waals surface area contributed by atoms with E-state index in [2.05, 4.69) is 14.7 Å². The fourth-order valence-electron chi connectivity index (χ4n) is 1.66. The maximum atomic E-state index is 12.0. The minimum atomic E-state index is -4.73. The van der Waals surface area contributed by atoms with Gasteiger partial charge in [0, 0.05) is 12.3 Å². The lowest BCUT2D eigenvalue weighted by atomic mass is 10.3. The maximum absolute atomic E-state index is 12.0. The van der Waals surface area contributed by atoms with Crippen LogP contribution in [-0.4, -0.2) is 41.4 Å². The number of nitrogens with two attached hydrogens (primary N) is 2. The van der Waals surface area contributed by atoms with E-state index in [4.69, 9.17) is 11.5 Å². The summed E-state index contributed by atoms with van der Waals surface area (Å²) in [4.78, 5) is 9.78. The van der Waals surface area contributed by atoms with Crippen molar-refractivity contribution in [2.24, 2.45) is 21.5 Å². The highest BCUT2D eigenvalue weighted by Crippen LogP contribution is 2.24. The molecule has 1 aliphatic rings. The number of hydrogen-bond donors (Lipinski definition) is 2. The molecule has 0 aliphatic carbocycles. The van der Waals surface area contributed by atoms with E-state index in [1.165, 1.54) is 12.1 Å². The number of thioether (sulfide) groups is 1. The molecule has 0 unspecified atom stereocenters. The number of halogens is 3. The molecule has 0 saturated carbocycles. The Morgan fingerprint density at radius 1 is 1.23 bits per heavy atom. The second-order valence-corrected chi connectivity index (χ2v) is 5.36. The predicted octanol–water partition coefficient (Wildman–Crippen LogP) is 1.85. The van der Waals surface area contributed by atoms with Gasteiger partial charge in [-0.1, -0.05) is 0 Å². The summed E-state index contributed by atoms with van der Waals surface area (Å²) in [6.07, 6.45) is -4.73. The molecule has 4 N–H and O–H groups in total. The first-order chi connectivity index (χ1) is 10.3. The monoisotopic (exact) mass is 333 g/mol. The van der Waals surface area contributed by atoms with E-state index in [9.17, 15) is 13.2 Å². The van der Waals surface area contributed by atoms with Gasteiger partial charge in [0.2, 0.25) is 5.96 Å². The van der Waals surface area contributed by atoms with Gasteiger partial charge in [-0.3, -0.25) is 0 Å². The summed E-state index contributed by atoms with van der Waals surface area (Å²) >= 11 is 1.73. The SMILES string of the molecule is NC(=Nc1ccc(OC(F)(F)F)cc1)N=C(N)N1CCSC1. The maximum Gasteiger partial charge on any atom is 0.573 e. The summed E-state index contributed by atoms with van der Waals surface area (Å²) in [5, 5.41) is 0. The number of benzene rings is 1. The molecule has 120 valence electrons. The Hall–Kier alpha value is -2.10. The van der Waals surface area contributed by atoms with E-state index < -0.39 is 6.36 Å². The number of hydrogen-bond acceptors (Lipinski definition) is 3. The molecule has 0 atom stereocenters. The molecule has 2 rings (SSSR count). The lowest BCUT2D eigenvalue weighted by Crippen LogP contribution is -2.36. The van der Waals surface area contributed by atoms with Gasteiger partial charge in [-0.05, 0) is 24.3 Å². The standard InChI is InChI=1S/C12H14F3N5OS/c13-12(14,15)21-9-3-1-8(2-4-9)18-10(16)19-11(17)20-5-6-22-7-20/h1-4H,5-7H2,(H4,16,17,18,19). The van der Waals surface area contributed by atoms with Crippen LogP contribution in [0.2, 0.25) is 0 Å². The smallest absolute Gasteiger partial charge is 0.406 e. The van der Waals surface area contributed by atoms with Crippen LogP contribution < -0.4 is 16.2 Å². The van der Waals surface area contributed by atoms with Gasteiger partial charge in [-0.25, -0.2) is 4.99 Å². The summed E-state index contributed by atoms with van der Waals surface area (Å²) in [5.41, 5.74) is 11.8. The fourth-order valence-corrected chi connectivity index (χ4v) is 2.62. The zero-order chi connectivity index (χ0) is 16.2. The van der Waals surface area contributed by atoms with E-state index in [0.29, 0.717) is 5.69 Å². The van der Waals surface area contributed by atoms with Crippen LogP contribution >= 0.6 is 11.8 Å². The highest BCUT2D eigenvalue weighted by molar-refractivity contribution is 7.99. The quantitative estimate of drug-likeness (QED) is 0.637. The average Bonchev–Trinajstić information content (AvgIpc) is 2.93. The van der Waals surface area contributed by atoms with Gasteiger partial charge in [-0.15, -0.1) is 24.9 Å². The van der Waals surface area contributed by atoms with Crippen molar-refractivity contribution in [1.82, 2.24) is 4.90 Å². The summed E-state index contributed by atoms with van der Waals surface area (Å²) in [7, 11) is 0. The lowest BCUT2D eigenvalue weighted by molar-refractivity contribution is -0.274. The Labute approximate surface area is 129 Å². The molecule has 1 aromatic carbocycles. The van der Waals surface area contributed by atoms with E-state index in [1.54, 1.807) is 11.8 Å². The highest BCUT2D eigenvalue weighted by atomic mass is 32.2. The van der Waals surface area contributed by atoms with Crippen LogP contribution in [0.1, 0.15) is 0 Å². The number of aliphatic imine (C=N–C) groups is 2. The number of ether oxygens (including phenoxy) is 1. The second-order valence-electron chi connectivity index (χ2n) is 4.28. The van der Waals surface area contributed by atoms with Crippen molar-refractivity contribution in [1.29, 1.82) is 0 Å². The van der Waals surface area contributed by atoms with Gasteiger partial charge < -0.3 is 21.1 Å². The molecular weight excluding hydrogens is 319 g/mol. The summed E-state index contributed by atoms with van der Waals surface area (Å²) in [6, 6.07) is 4.96. The van der Waals surface area contributed by atoms with Gasteiger partial charge in [0.15, 0.2) is 5.96 Å². The van der Waals surface area contributed by atoms with Crippen LogP contribution in [0.5, 0.6) is 5.75 Å². The van der Waals surface area contributed by atoms with Crippen LogP contribution in [0.3, 0.4) is 0 Å². The van der Waals surface area contributed by atoms with Crippen LogP contribution in [0, 0.1) is 0 Å². The third-order valence-electron chi connectivity index (χ3n) is 2.62. The first kappa shape index (κ1) is 16.3. The van der Waals surface area contributed by atoms with Crippen molar-refractivity contribution in [3.8, 4) is 5.75 Å². The average molecular weight is 333 g/mol. The molecule has 10 heteroatoms. The largest absolute Gasteiger partial charge is 0.573 e. The molecule has 1 aromatic rings. The summed E-state index contributed by atoms with van der Waals surface area (Å²) < 4.78 is 39.9. The Morgan fingerprint density at radius 2 is 1.91 bits per heavy atom.